The molecule has 0 aliphatic rings. The van der Waals surface area contributed by atoms with Gasteiger partial charge in [-0.25, -0.2) is 0 Å². The average Bonchev–Trinajstić information content (AvgIpc) is 2.12. The lowest BCUT2D eigenvalue weighted by molar-refractivity contribution is -0.305. The van der Waals surface area contributed by atoms with E-state index in [1.165, 1.54) is 12.1 Å². The van der Waals surface area contributed by atoms with Gasteiger partial charge in [-0.3, -0.25) is 0 Å². The van der Waals surface area contributed by atoms with Crippen LogP contribution in [0.15, 0.2) is 24.3 Å². The number of carboxylic acid groups (broad SMARTS) is 1. The van der Waals surface area contributed by atoms with Crippen LogP contribution in [0.5, 0.6) is 5.75 Å². The largest absolute Gasteiger partial charge is 0.573 e. The second-order valence-electron chi connectivity index (χ2n) is 3.07. The van der Waals surface area contributed by atoms with Gasteiger partial charge in [0.15, 0.2) is 0 Å². The maximum absolute atomic E-state index is 11.9. The Hall–Kier alpha value is -1.72. The Morgan fingerprint density at radius 2 is 2.06 bits per heavy atom. The molecule has 16 heavy (non-hydrogen) atoms. The van der Waals surface area contributed by atoms with Crippen molar-refractivity contribution in [2.24, 2.45) is 0 Å². The van der Waals surface area contributed by atoms with Crippen LogP contribution in [0.4, 0.5) is 13.2 Å². The van der Waals surface area contributed by atoms with Crippen LogP contribution < -0.4 is 9.84 Å². The fraction of sp³-hybridized carbons (Fsp3) is 0.300. The fourth-order valence-electron chi connectivity index (χ4n) is 1.14. The Morgan fingerprint density at radius 3 is 2.62 bits per heavy atom. The number of alkyl halides is 3. The number of carboxylic acids is 1. The summed E-state index contributed by atoms with van der Waals surface area (Å²) in [7, 11) is 0. The number of halogens is 3. The molecule has 0 bridgehead atoms. The van der Waals surface area contributed by atoms with E-state index in [-0.39, 0.29) is 18.6 Å². The average molecular weight is 233 g/mol. The number of ether oxygens (including phenoxy) is 1. The van der Waals surface area contributed by atoms with Crippen molar-refractivity contribution in [2.75, 3.05) is 0 Å². The number of rotatable bonds is 4. The van der Waals surface area contributed by atoms with E-state index in [1.807, 2.05) is 0 Å². The number of benzene rings is 1. The van der Waals surface area contributed by atoms with E-state index in [1.54, 1.807) is 0 Å². The van der Waals surface area contributed by atoms with Crippen LogP contribution in [-0.4, -0.2) is 12.3 Å². The molecule has 1 aromatic carbocycles. The van der Waals surface area contributed by atoms with Crippen LogP contribution in [-0.2, 0) is 11.2 Å². The quantitative estimate of drug-likeness (QED) is 0.786. The summed E-state index contributed by atoms with van der Waals surface area (Å²) in [6.07, 6.45) is -4.88. The van der Waals surface area contributed by atoms with Crippen LogP contribution in [0.2, 0.25) is 0 Å². The molecule has 0 fully saturated rings. The van der Waals surface area contributed by atoms with Crippen LogP contribution in [0, 0.1) is 0 Å². The van der Waals surface area contributed by atoms with Gasteiger partial charge in [0.05, 0.1) is 0 Å². The Bertz CT molecular complexity index is 374. The van der Waals surface area contributed by atoms with Gasteiger partial charge in [0.25, 0.3) is 0 Å². The third kappa shape index (κ3) is 4.68. The minimum atomic E-state index is -4.74. The van der Waals surface area contributed by atoms with Gasteiger partial charge in [0.2, 0.25) is 0 Å². The topological polar surface area (TPSA) is 49.4 Å². The lowest BCUT2D eigenvalue weighted by Crippen LogP contribution is -2.22. The summed E-state index contributed by atoms with van der Waals surface area (Å²) in [4.78, 5) is 10.2. The number of hydrogen-bond donors (Lipinski definition) is 0. The minimum Gasteiger partial charge on any atom is -0.550 e. The smallest absolute Gasteiger partial charge is 0.550 e. The van der Waals surface area contributed by atoms with Gasteiger partial charge in [-0.05, 0) is 30.5 Å². The molecule has 0 saturated heterocycles. The zero-order valence-electron chi connectivity index (χ0n) is 8.08. The maximum atomic E-state index is 11.9. The predicted octanol–water partition coefficient (Wildman–Crippen LogP) is 1.27. The molecule has 0 aliphatic carbocycles. The molecular weight excluding hydrogens is 225 g/mol. The third-order valence-electron chi connectivity index (χ3n) is 1.75. The molecule has 0 unspecified atom stereocenters. The summed E-state index contributed by atoms with van der Waals surface area (Å²) >= 11 is 0. The molecule has 0 radical (unpaired) electrons. The van der Waals surface area contributed by atoms with E-state index in [0.29, 0.717) is 5.56 Å². The molecule has 0 amide bonds. The molecule has 0 saturated carbocycles. The molecule has 0 N–H and O–H groups in total. The molecule has 6 heteroatoms. The molecule has 88 valence electrons. The summed E-state index contributed by atoms with van der Waals surface area (Å²) in [5, 5.41) is 10.2. The van der Waals surface area contributed by atoms with E-state index in [9.17, 15) is 23.1 Å². The summed E-state index contributed by atoms with van der Waals surface area (Å²) < 4.78 is 39.3. The normalized spacial score (nSPS) is 11.2. The fourth-order valence-corrected chi connectivity index (χ4v) is 1.14. The molecule has 0 heterocycles. The molecule has 3 nitrogen and oxygen atoms in total. The van der Waals surface area contributed by atoms with Crippen molar-refractivity contribution in [1.82, 2.24) is 0 Å². The highest BCUT2D eigenvalue weighted by atomic mass is 19.4. The summed E-state index contributed by atoms with van der Waals surface area (Å²) in [5.41, 5.74) is 0.450. The highest BCUT2D eigenvalue weighted by molar-refractivity contribution is 5.64. The van der Waals surface area contributed by atoms with Crippen molar-refractivity contribution in [2.45, 2.75) is 19.2 Å². The summed E-state index contributed by atoms with van der Waals surface area (Å²) in [6, 6.07) is 5.18. The molecular formula is C10H8F3O3-. The molecule has 0 spiro atoms. The standard InChI is InChI=1S/C10H9F3O3/c11-10(12,13)16-8-3-1-2-7(6-8)4-5-9(14)15/h1-3,6H,4-5H2,(H,14,15)/p-1. The van der Waals surface area contributed by atoms with Crippen molar-refractivity contribution in [3.05, 3.63) is 29.8 Å². The predicted molar refractivity (Wildman–Crippen MR) is 46.5 cm³/mol. The van der Waals surface area contributed by atoms with E-state index < -0.39 is 12.3 Å². The first kappa shape index (κ1) is 12.4. The van der Waals surface area contributed by atoms with Crippen molar-refractivity contribution in [1.29, 1.82) is 0 Å². The van der Waals surface area contributed by atoms with Gasteiger partial charge in [0, 0.05) is 5.97 Å². The van der Waals surface area contributed by atoms with Crippen molar-refractivity contribution in [3.8, 4) is 5.75 Å². The highest BCUT2D eigenvalue weighted by Gasteiger charge is 2.30. The first-order valence-electron chi connectivity index (χ1n) is 4.41. The molecule has 0 atom stereocenters. The van der Waals surface area contributed by atoms with E-state index in [2.05, 4.69) is 4.74 Å². The first-order chi connectivity index (χ1) is 7.37. The van der Waals surface area contributed by atoms with Gasteiger partial charge in [0.1, 0.15) is 5.75 Å². The second-order valence-corrected chi connectivity index (χ2v) is 3.07. The molecule has 1 rings (SSSR count). The minimum absolute atomic E-state index is 0.109. The van der Waals surface area contributed by atoms with Crippen molar-refractivity contribution >= 4 is 5.97 Å². The van der Waals surface area contributed by atoms with Crippen molar-refractivity contribution < 1.29 is 27.8 Å². The van der Waals surface area contributed by atoms with Crippen LogP contribution in [0.1, 0.15) is 12.0 Å². The molecule has 0 aromatic heterocycles. The first-order valence-corrected chi connectivity index (χ1v) is 4.41. The Balaban J connectivity index is 2.67. The van der Waals surface area contributed by atoms with Gasteiger partial charge in [-0.2, -0.15) is 0 Å². The zero-order chi connectivity index (χ0) is 12.2. The Labute approximate surface area is 89.5 Å². The lowest BCUT2D eigenvalue weighted by atomic mass is 10.1. The monoisotopic (exact) mass is 233 g/mol. The van der Waals surface area contributed by atoms with Gasteiger partial charge >= 0.3 is 6.36 Å². The third-order valence-corrected chi connectivity index (χ3v) is 1.75. The van der Waals surface area contributed by atoms with Gasteiger partial charge < -0.3 is 14.6 Å². The summed E-state index contributed by atoms with van der Waals surface area (Å²) in [5.74, 6) is -1.61. The van der Waals surface area contributed by atoms with E-state index in [4.69, 9.17) is 0 Å². The van der Waals surface area contributed by atoms with Gasteiger partial charge in [-0.1, -0.05) is 12.1 Å². The SMILES string of the molecule is O=C([O-])CCc1cccc(OC(F)(F)F)c1. The van der Waals surface area contributed by atoms with Crippen LogP contribution >= 0.6 is 0 Å². The Kier molecular flexibility index (Phi) is 3.76. The zero-order valence-corrected chi connectivity index (χ0v) is 8.08. The molecule has 0 aliphatic heterocycles. The number of hydrogen-bond acceptors (Lipinski definition) is 3. The van der Waals surface area contributed by atoms with E-state index >= 15 is 0 Å². The second kappa shape index (κ2) is 4.87. The number of aliphatic carboxylic acids is 1. The number of carbonyl (C=O) groups excluding carboxylic acids is 1. The number of carbonyl (C=O) groups is 1. The number of aryl methyl sites for hydroxylation is 1. The maximum Gasteiger partial charge on any atom is 0.573 e. The van der Waals surface area contributed by atoms with E-state index in [0.717, 1.165) is 12.1 Å². The van der Waals surface area contributed by atoms with Crippen molar-refractivity contribution in [3.63, 3.8) is 0 Å². The summed E-state index contributed by atoms with van der Waals surface area (Å²) in [6.45, 7) is 0. The Morgan fingerprint density at radius 1 is 1.38 bits per heavy atom. The van der Waals surface area contributed by atoms with Crippen LogP contribution in [0.25, 0.3) is 0 Å². The highest BCUT2D eigenvalue weighted by Crippen LogP contribution is 2.23. The van der Waals surface area contributed by atoms with Crippen LogP contribution in [0.3, 0.4) is 0 Å². The molecule has 1 aromatic rings. The van der Waals surface area contributed by atoms with Gasteiger partial charge in [-0.15, -0.1) is 13.2 Å². The lowest BCUT2D eigenvalue weighted by Gasteiger charge is -2.10.